The molecule has 21 aromatic rings. The van der Waals surface area contributed by atoms with Gasteiger partial charge in [0.1, 0.15) is 17.3 Å². The molecule has 0 aliphatic heterocycles. The third kappa shape index (κ3) is 14.8. The largest absolute Gasteiger partial charge is 0.319 e. The number of aromatic nitrogens is 8. The zero-order chi connectivity index (χ0) is 87.5. The summed E-state index contributed by atoms with van der Waals surface area (Å²) in [4.78, 5) is 10.3. The van der Waals surface area contributed by atoms with E-state index in [-0.39, 0.29) is 42.1 Å². The van der Waals surface area contributed by atoms with Gasteiger partial charge in [0, 0.05) is 123 Å². The molecule has 21 rings (SSSR count). The molecule has 6 heterocycles. The van der Waals surface area contributed by atoms with E-state index in [1.165, 1.54) is 43.5 Å². The Morgan fingerprint density at radius 3 is 1.00 bits per heavy atom. The van der Waals surface area contributed by atoms with Crippen molar-refractivity contribution in [3.8, 4) is 51.0 Å². The van der Waals surface area contributed by atoms with Gasteiger partial charge in [0.25, 0.3) is 0 Å². The second-order valence-electron chi connectivity index (χ2n) is 33.9. The molecule has 0 bridgehead atoms. The quantitative estimate of drug-likeness (QED) is 0.0598. The van der Waals surface area contributed by atoms with E-state index in [9.17, 15) is 0 Å². The van der Waals surface area contributed by atoms with Crippen molar-refractivity contribution in [1.29, 1.82) is 0 Å². The first-order valence-electron chi connectivity index (χ1n) is 45.0. The van der Waals surface area contributed by atoms with Gasteiger partial charge in [-0.05, 0) is 162 Å². The van der Waals surface area contributed by atoms with Gasteiger partial charge in [-0.2, -0.15) is 65.2 Å². The third-order valence-corrected chi connectivity index (χ3v) is 25.3. The molecule has 6 aromatic heterocycles. The van der Waals surface area contributed by atoms with E-state index in [4.69, 9.17) is 14.1 Å². The fourth-order valence-corrected chi connectivity index (χ4v) is 19.5. The Bertz CT molecular complexity index is 7570. The van der Waals surface area contributed by atoms with E-state index < -0.39 is 17.8 Å². The fraction of sp³-hybridized carbons (Fsp3) is 0.128. The number of imidazole rings is 2. The number of aryl methyl sites for hydroxylation is 1. The summed E-state index contributed by atoms with van der Waals surface area (Å²) in [5, 5.41) is 4.48. The van der Waals surface area contributed by atoms with Crippen molar-refractivity contribution in [2.75, 3.05) is 0 Å². The Balaban J connectivity index is 0.000000172. The number of fused-ring (bicyclic) bond motifs is 8. The van der Waals surface area contributed by atoms with Crippen LogP contribution in [0, 0.1) is 24.3 Å². The molecular formula is C117H96N8Pt2-2. The van der Waals surface area contributed by atoms with Gasteiger partial charge in [0.05, 0.1) is 0 Å². The van der Waals surface area contributed by atoms with Crippen molar-refractivity contribution in [3.63, 3.8) is 0 Å². The molecule has 0 unspecified atom stereocenters. The third-order valence-electron chi connectivity index (χ3n) is 25.3. The molecule has 10 heteroatoms. The maximum absolute atomic E-state index is 8.36. The molecule has 0 N–H and O–H groups in total. The molecule has 127 heavy (non-hydrogen) atoms. The molecule has 0 saturated carbocycles. The molecule has 8 nitrogen and oxygen atoms in total. The van der Waals surface area contributed by atoms with Gasteiger partial charge in [-0.15, -0.1) is 51.2 Å². The number of benzene rings is 15. The van der Waals surface area contributed by atoms with Crippen molar-refractivity contribution in [2.45, 2.75) is 89.9 Å². The molecule has 0 fully saturated rings. The molecular weight excluding hydrogens is 1910 g/mol. The van der Waals surface area contributed by atoms with Crippen LogP contribution in [-0.4, -0.2) is 37.4 Å². The Kier molecular flexibility index (Phi) is 22.5. The van der Waals surface area contributed by atoms with Crippen LogP contribution in [0.3, 0.4) is 0 Å². The maximum Gasteiger partial charge on any atom is 0.188 e. The number of pyridine rings is 2. The van der Waals surface area contributed by atoms with Crippen LogP contribution in [0.25, 0.3) is 117 Å². The molecule has 15 aromatic carbocycles. The summed E-state index contributed by atoms with van der Waals surface area (Å²) < 4.78 is 37.5. The van der Waals surface area contributed by atoms with Gasteiger partial charge >= 0.3 is 0 Å². The Hall–Kier alpha value is -13.5. The van der Waals surface area contributed by atoms with Crippen LogP contribution in [0.2, 0.25) is 0 Å². The van der Waals surface area contributed by atoms with Crippen molar-refractivity contribution in [2.24, 2.45) is 6.98 Å². The van der Waals surface area contributed by atoms with Crippen molar-refractivity contribution in [1.82, 2.24) is 37.4 Å². The molecule has 0 aliphatic rings. The zero-order valence-corrected chi connectivity index (χ0v) is 76.6. The summed E-state index contributed by atoms with van der Waals surface area (Å²) in [6, 6.07) is 147. The van der Waals surface area contributed by atoms with E-state index in [1.54, 1.807) is 6.33 Å². The Labute approximate surface area is 777 Å². The van der Waals surface area contributed by atoms with Crippen molar-refractivity contribution in [3.05, 3.63) is 486 Å². The number of hydrogen-bond acceptors (Lipinski definition) is 2. The second kappa shape index (κ2) is 35.5. The van der Waals surface area contributed by atoms with Gasteiger partial charge in [-0.25, -0.2) is 23.7 Å². The van der Waals surface area contributed by atoms with Gasteiger partial charge in [-0.1, -0.05) is 297 Å². The van der Waals surface area contributed by atoms with Crippen LogP contribution in [0.4, 0.5) is 0 Å². The van der Waals surface area contributed by atoms with E-state index in [1.807, 2.05) is 65.5 Å². The minimum Gasteiger partial charge on any atom is -0.319 e. The van der Waals surface area contributed by atoms with E-state index in [0.29, 0.717) is 29.2 Å². The first-order chi connectivity index (χ1) is 62.5. The summed E-state index contributed by atoms with van der Waals surface area (Å²) in [7, 11) is 0. The first-order valence-corrected chi connectivity index (χ1v) is 43.5. The van der Waals surface area contributed by atoms with Gasteiger partial charge in [0.15, 0.2) is 34.7 Å². The summed E-state index contributed by atoms with van der Waals surface area (Å²) in [6.07, 6.45) is 7.77. The Morgan fingerprint density at radius 2 is 0.614 bits per heavy atom. The van der Waals surface area contributed by atoms with Crippen LogP contribution in [0.5, 0.6) is 0 Å². The van der Waals surface area contributed by atoms with Crippen LogP contribution in [0.15, 0.2) is 395 Å². The minimum atomic E-state index is -2.37. The fourth-order valence-electron chi connectivity index (χ4n) is 19.5. The molecule has 0 radical (unpaired) electrons. The number of nitrogens with zero attached hydrogens (tertiary/aromatic N) is 8. The first kappa shape index (κ1) is 80.6. The molecule has 0 aliphatic carbocycles. The summed E-state index contributed by atoms with van der Waals surface area (Å²) >= 11 is 0. The average molecular weight is 2010 g/mol. The summed E-state index contributed by atoms with van der Waals surface area (Å²) in [5.41, 5.74) is 27.1. The monoisotopic (exact) mass is 2010 g/mol. The zero-order valence-electron chi connectivity index (χ0n) is 75.0. The van der Waals surface area contributed by atoms with Gasteiger partial charge in [0.2, 0.25) is 0 Å². The maximum atomic E-state index is 8.36. The Morgan fingerprint density at radius 1 is 0.291 bits per heavy atom. The van der Waals surface area contributed by atoms with Gasteiger partial charge < -0.3 is 9.13 Å². The van der Waals surface area contributed by atoms with Gasteiger partial charge in [-0.3, -0.25) is 0 Å². The van der Waals surface area contributed by atoms with Crippen LogP contribution in [0.1, 0.15) is 150 Å². The topological polar surface area (TPSA) is 55.4 Å². The molecule has 0 amide bonds. The number of para-hydroxylation sites is 7. The summed E-state index contributed by atoms with van der Waals surface area (Å²) in [5.74, 6) is 3.10. The summed E-state index contributed by atoms with van der Waals surface area (Å²) in [6.45, 7) is 15.8. The molecule has 0 atom stereocenters. The smallest absolute Gasteiger partial charge is 0.188 e. The molecule has 626 valence electrons. The second-order valence-corrected chi connectivity index (χ2v) is 33.9. The van der Waals surface area contributed by atoms with Crippen molar-refractivity contribution < 1.29 is 46.2 Å². The van der Waals surface area contributed by atoms with E-state index >= 15 is 0 Å². The predicted molar refractivity (Wildman–Crippen MR) is 517 cm³/mol. The SMILES string of the molecule is CC(C)c1cccc(C(C)C)c1-c1ccnc(-n2c3[c-]c(C(c4[c-]c(-n5[cH+]n(-c6ccccc6)c6ccccc65)ccc4)(c4ccccc4)c4ccccc4)ccc3c3ccccc32)c1.[2H]C([2H])([2H])n1[cH+]n(-c2[c-]c(C(c3[c-]c4c(cc3)c3ccccc3n4-c3cc(-c4c(C(C)C)cccc4C(C)C)ccn3)(c3ccccc3)c3ccccc3)ccc2)c2ccccc21.[Pt].[Pt]. The van der Waals surface area contributed by atoms with Crippen LogP contribution in [-0.2, 0) is 59.9 Å². The average Bonchev–Trinajstić information content (AvgIpc) is 1.44. The van der Waals surface area contributed by atoms with E-state index in [0.717, 1.165) is 139 Å². The normalized spacial score (nSPS) is 12.3. The van der Waals surface area contributed by atoms with Crippen LogP contribution >= 0.6 is 0 Å². The molecule has 0 spiro atoms. The van der Waals surface area contributed by atoms with E-state index in [2.05, 4.69) is 426 Å². The standard InChI is InChI=1S/C61H49N4.C56H47N4.2Pt/c1-42(2)51-29-19-30-52(43(3)4)60(51)44-36-37-62-59(38-44)65-55-31-15-14-28-53(55)54-35-34-48(40-58(54)65)61(45-20-8-5-9-21-45,46-22-10-6-11-23-46)47-24-18-27-50(39-47)64-41-63(49-25-12-7-13-26-49)56-32-16-17-33-57(56)64;1-38(2)46-25-17-26-47(39(3)4)55(46)40-32-33-57-54(34-40)60-50-27-13-12-24-48(50)49-31-30-44(36-53(49)60)56(41-18-8-6-9-19-41,42-20-10-7-11-21-42)43-22-16-23-45(35-43)59-37-58(5)51-28-14-15-29-52(51)59;;/h5-38,41-43H,1-4H3;6-34,37-39H,1-5H3;;/q2*-1;;/i;5D3;;. The molecule has 0 saturated heterocycles. The number of hydrogen-bond donors (Lipinski definition) is 0. The van der Waals surface area contributed by atoms with Crippen LogP contribution < -0.4 is 0 Å². The predicted octanol–water partition coefficient (Wildman–Crippen LogP) is 28.7. The minimum absolute atomic E-state index is 0. The number of rotatable bonds is 19. The van der Waals surface area contributed by atoms with Crippen molar-refractivity contribution >= 4 is 65.7 Å².